The summed E-state index contributed by atoms with van der Waals surface area (Å²) < 4.78 is 5.45. The number of allylic oxidation sites excluding steroid dienone is 3. The molecule has 0 radical (unpaired) electrons. The van der Waals surface area contributed by atoms with E-state index in [4.69, 9.17) is 4.74 Å². The van der Waals surface area contributed by atoms with E-state index in [2.05, 4.69) is 13.0 Å². The van der Waals surface area contributed by atoms with E-state index in [0.717, 1.165) is 18.4 Å². The number of rotatable bonds is 4. The third-order valence-corrected chi connectivity index (χ3v) is 8.84. The van der Waals surface area contributed by atoms with Gasteiger partial charge in [-0.1, -0.05) is 31.1 Å². The van der Waals surface area contributed by atoms with Gasteiger partial charge in [0.15, 0.2) is 17.7 Å². The SMILES string of the molecule is COC1CC2(C)C(=CC1=O)CCC1C2=CCC2(C)C1CC[C@]2(O)C(=O)C(O)C(C)=O. The van der Waals surface area contributed by atoms with Crippen LogP contribution in [0.4, 0.5) is 0 Å². The van der Waals surface area contributed by atoms with E-state index in [1.165, 1.54) is 12.5 Å². The lowest BCUT2D eigenvalue weighted by atomic mass is 9.50. The standard InChI is InChI=1S/C24H32O6/c1-13(25)20(27)21(28)24(29)10-8-17-15-6-5-14-11-18(26)19(30-4)12-22(14,2)16(15)7-9-23(17,24)3/h7,11,15,17,19-20,27,29H,5-6,8-10,12H2,1-4H3/t15?,17?,19?,20?,22?,23?,24-/m0/s1. The van der Waals surface area contributed by atoms with Gasteiger partial charge < -0.3 is 14.9 Å². The first-order chi connectivity index (χ1) is 14.0. The average Bonchev–Trinajstić information content (AvgIpc) is 2.98. The van der Waals surface area contributed by atoms with Crippen LogP contribution in [0, 0.1) is 22.7 Å². The first kappa shape index (κ1) is 21.6. The highest BCUT2D eigenvalue weighted by Crippen LogP contribution is 2.65. The Balaban J connectivity index is 1.72. The molecule has 7 atom stereocenters. The third kappa shape index (κ3) is 2.69. The summed E-state index contributed by atoms with van der Waals surface area (Å²) in [6, 6.07) is 0. The van der Waals surface area contributed by atoms with Gasteiger partial charge in [-0.05, 0) is 63.4 Å². The molecule has 2 saturated carbocycles. The Labute approximate surface area is 177 Å². The summed E-state index contributed by atoms with van der Waals surface area (Å²) in [6.45, 7) is 5.29. The van der Waals surface area contributed by atoms with Crippen LogP contribution in [0.2, 0.25) is 0 Å². The Morgan fingerprint density at radius 2 is 1.97 bits per heavy atom. The predicted molar refractivity (Wildman–Crippen MR) is 110 cm³/mol. The van der Waals surface area contributed by atoms with Crippen molar-refractivity contribution in [2.24, 2.45) is 22.7 Å². The molecule has 0 saturated heterocycles. The first-order valence-electron chi connectivity index (χ1n) is 10.9. The average molecular weight is 417 g/mol. The molecule has 6 nitrogen and oxygen atoms in total. The number of carbonyl (C=O) groups excluding carboxylic acids is 3. The second-order valence-electron chi connectivity index (χ2n) is 10.1. The van der Waals surface area contributed by atoms with Crippen molar-refractivity contribution in [2.75, 3.05) is 7.11 Å². The summed E-state index contributed by atoms with van der Waals surface area (Å²) >= 11 is 0. The summed E-state index contributed by atoms with van der Waals surface area (Å²) in [6.07, 6.45) is 5.44. The molecule has 0 bridgehead atoms. The zero-order valence-corrected chi connectivity index (χ0v) is 18.2. The van der Waals surface area contributed by atoms with Gasteiger partial charge in [0.2, 0.25) is 5.78 Å². The van der Waals surface area contributed by atoms with E-state index in [9.17, 15) is 24.6 Å². The molecule has 2 N–H and O–H groups in total. The third-order valence-electron chi connectivity index (χ3n) is 8.84. The zero-order valence-electron chi connectivity index (χ0n) is 18.2. The lowest BCUT2D eigenvalue weighted by molar-refractivity contribution is -0.164. The maximum atomic E-state index is 12.9. The van der Waals surface area contributed by atoms with Crippen LogP contribution in [0.25, 0.3) is 0 Å². The lowest BCUT2D eigenvalue weighted by Gasteiger charge is -2.55. The van der Waals surface area contributed by atoms with Crippen molar-refractivity contribution in [2.45, 2.75) is 77.1 Å². The number of hydrogen-bond donors (Lipinski definition) is 2. The van der Waals surface area contributed by atoms with E-state index < -0.39 is 34.8 Å². The van der Waals surface area contributed by atoms with Crippen molar-refractivity contribution in [1.82, 2.24) is 0 Å². The number of aliphatic hydroxyl groups excluding tert-OH is 1. The number of ketones is 3. The van der Waals surface area contributed by atoms with E-state index in [1.54, 1.807) is 13.2 Å². The molecule has 0 aromatic rings. The van der Waals surface area contributed by atoms with Crippen LogP contribution in [0.1, 0.15) is 59.3 Å². The number of aliphatic hydroxyl groups is 2. The fourth-order valence-corrected chi connectivity index (χ4v) is 6.93. The molecule has 0 aliphatic heterocycles. The van der Waals surface area contributed by atoms with Crippen LogP contribution in [0.3, 0.4) is 0 Å². The van der Waals surface area contributed by atoms with E-state index in [1.807, 2.05) is 6.92 Å². The molecule has 30 heavy (non-hydrogen) atoms. The Morgan fingerprint density at radius 3 is 2.60 bits per heavy atom. The minimum atomic E-state index is -1.78. The minimum Gasteiger partial charge on any atom is -0.381 e. The predicted octanol–water partition coefficient (Wildman–Crippen LogP) is 2.31. The molecule has 4 aliphatic carbocycles. The van der Waals surface area contributed by atoms with Gasteiger partial charge >= 0.3 is 0 Å². The molecule has 4 rings (SSSR count). The maximum Gasteiger partial charge on any atom is 0.200 e. The van der Waals surface area contributed by atoms with E-state index in [-0.39, 0.29) is 29.5 Å². The van der Waals surface area contributed by atoms with Crippen LogP contribution in [0.15, 0.2) is 23.3 Å². The normalized spacial score (nSPS) is 43.7. The number of methoxy groups -OCH3 is 1. The molecule has 0 aromatic heterocycles. The summed E-state index contributed by atoms with van der Waals surface area (Å²) in [7, 11) is 1.57. The molecule has 6 unspecified atom stereocenters. The number of ether oxygens (including phenoxy) is 1. The van der Waals surface area contributed by atoms with Crippen LogP contribution >= 0.6 is 0 Å². The second kappa shape index (κ2) is 6.94. The molecule has 2 fully saturated rings. The lowest BCUT2D eigenvalue weighted by Crippen LogP contribution is -2.58. The Morgan fingerprint density at radius 1 is 1.27 bits per heavy atom. The van der Waals surface area contributed by atoms with Gasteiger partial charge in [-0.2, -0.15) is 0 Å². The molecular weight excluding hydrogens is 384 g/mol. The van der Waals surface area contributed by atoms with Gasteiger partial charge in [-0.25, -0.2) is 0 Å². The van der Waals surface area contributed by atoms with Gasteiger partial charge in [0.1, 0.15) is 11.7 Å². The molecule has 6 heteroatoms. The van der Waals surface area contributed by atoms with Crippen LogP contribution in [-0.2, 0) is 19.1 Å². The smallest absolute Gasteiger partial charge is 0.200 e. The molecule has 4 aliphatic rings. The quantitative estimate of drug-likeness (QED) is 0.539. The molecule has 0 amide bonds. The first-order valence-corrected chi connectivity index (χ1v) is 10.9. The fraction of sp³-hybridized carbons (Fsp3) is 0.708. The summed E-state index contributed by atoms with van der Waals surface area (Å²) in [5.41, 5.74) is -0.233. The van der Waals surface area contributed by atoms with Crippen molar-refractivity contribution in [3.8, 4) is 0 Å². The van der Waals surface area contributed by atoms with Gasteiger partial charge in [-0.3, -0.25) is 14.4 Å². The summed E-state index contributed by atoms with van der Waals surface area (Å²) in [4.78, 5) is 36.9. The van der Waals surface area contributed by atoms with Gasteiger partial charge in [-0.15, -0.1) is 0 Å². The van der Waals surface area contributed by atoms with Crippen LogP contribution in [-0.4, -0.2) is 52.5 Å². The van der Waals surface area contributed by atoms with Crippen molar-refractivity contribution < 1.29 is 29.3 Å². The highest BCUT2D eigenvalue weighted by molar-refractivity contribution is 6.08. The Bertz CT molecular complexity index is 871. The molecular formula is C24H32O6. The van der Waals surface area contributed by atoms with Crippen LogP contribution in [0.5, 0.6) is 0 Å². The number of carbonyl (C=O) groups is 3. The molecule has 0 aromatic carbocycles. The maximum absolute atomic E-state index is 12.9. The van der Waals surface area contributed by atoms with E-state index in [0.29, 0.717) is 19.3 Å². The molecule has 0 heterocycles. The summed E-state index contributed by atoms with van der Waals surface area (Å²) in [5.74, 6) is -1.08. The largest absolute Gasteiger partial charge is 0.381 e. The topological polar surface area (TPSA) is 101 Å². The summed E-state index contributed by atoms with van der Waals surface area (Å²) in [5, 5.41) is 21.6. The zero-order chi connectivity index (χ0) is 22.1. The van der Waals surface area contributed by atoms with Crippen molar-refractivity contribution in [3.63, 3.8) is 0 Å². The monoisotopic (exact) mass is 416 g/mol. The Hall–Kier alpha value is -1.63. The van der Waals surface area contributed by atoms with Crippen molar-refractivity contribution in [3.05, 3.63) is 23.3 Å². The van der Waals surface area contributed by atoms with Crippen molar-refractivity contribution >= 4 is 17.3 Å². The number of Topliss-reactive ketones (excluding diaryl/α,β-unsaturated/α-hetero) is 2. The van der Waals surface area contributed by atoms with E-state index >= 15 is 0 Å². The van der Waals surface area contributed by atoms with Gasteiger partial charge in [0.05, 0.1) is 0 Å². The van der Waals surface area contributed by atoms with Crippen LogP contribution < -0.4 is 0 Å². The molecule has 0 spiro atoms. The highest BCUT2D eigenvalue weighted by Gasteiger charge is 2.65. The van der Waals surface area contributed by atoms with Gasteiger partial charge in [0.25, 0.3) is 0 Å². The fourth-order valence-electron chi connectivity index (χ4n) is 6.93. The second-order valence-corrected chi connectivity index (χ2v) is 10.1. The number of hydrogen-bond acceptors (Lipinski definition) is 6. The Kier molecular flexibility index (Phi) is 5.00. The van der Waals surface area contributed by atoms with Gasteiger partial charge in [0, 0.05) is 17.9 Å². The van der Waals surface area contributed by atoms with Crippen molar-refractivity contribution in [1.29, 1.82) is 0 Å². The number of fused-ring (bicyclic) bond motifs is 5. The highest BCUT2D eigenvalue weighted by atomic mass is 16.5. The molecule has 164 valence electrons. The minimum absolute atomic E-state index is 0.0312.